The van der Waals surface area contributed by atoms with Crippen LogP contribution in [0.25, 0.3) is 0 Å². The van der Waals surface area contributed by atoms with Crippen molar-refractivity contribution in [1.82, 2.24) is 52.8 Å². The smallest absolute Gasteiger partial charge is 0.253 e. The zero-order chi connectivity index (χ0) is 81.8. The van der Waals surface area contributed by atoms with Gasteiger partial charge in [-0.15, -0.1) is 0 Å². The Hall–Kier alpha value is -14.0. The first kappa shape index (κ1) is 84.0. The number of primary amides is 1. The summed E-state index contributed by atoms with van der Waals surface area (Å²) in [6.45, 7) is 0.292. The van der Waals surface area contributed by atoms with Crippen molar-refractivity contribution in [3.05, 3.63) is 269 Å². The lowest BCUT2D eigenvalue weighted by Crippen LogP contribution is -2.61. The Kier molecular flexibility index (Phi) is 30.3. The molecule has 0 aliphatic heterocycles. The number of nitrogens with two attached hydrogens (primary N) is 2. The Morgan fingerprint density at radius 1 is 0.272 bits per heavy atom. The summed E-state index contributed by atoms with van der Waals surface area (Å²) in [5, 5.41) is 107. The van der Waals surface area contributed by atoms with Gasteiger partial charge in [0.1, 0.15) is 100 Å². The number of hydrogen-bond acceptors (Lipinski definition) is 20. The minimum Gasteiger partial charge on any atom is -0.508 e. The zero-order valence-corrected chi connectivity index (χ0v) is 61.7. The van der Waals surface area contributed by atoms with Gasteiger partial charge in [0.2, 0.25) is 53.2 Å². The van der Waals surface area contributed by atoms with Crippen molar-refractivity contribution in [1.29, 1.82) is 0 Å². The second kappa shape index (κ2) is 41.1. The van der Waals surface area contributed by atoms with Gasteiger partial charge in [-0.05, 0) is 180 Å². The molecule has 0 bridgehead atoms. The normalized spacial score (nSPS) is 13.4. The minimum absolute atomic E-state index is 0.0749. The van der Waals surface area contributed by atoms with Gasteiger partial charge in [0, 0.05) is 63.8 Å². The van der Waals surface area contributed by atoms with Crippen molar-refractivity contribution in [2.75, 3.05) is 6.54 Å². The number of carbonyl (C=O) groups excluding carboxylic acids is 10. The van der Waals surface area contributed by atoms with Crippen LogP contribution in [0, 0.1) is 0 Å². The number of amides is 10. The first-order chi connectivity index (χ1) is 54.7. The van der Waals surface area contributed by atoms with Crippen molar-refractivity contribution in [3.8, 4) is 46.0 Å². The van der Waals surface area contributed by atoms with E-state index in [1.54, 1.807) is 0 Å². The molecule has 0 saturated carbocycles. The third kappa shape index (κ3) is 26.4. The topological polar surface area (TPSA) is 506 Å². The van der Waals surface area contributed by atoms with E-state index in [9.17, 15) is 60.0 Å². The van der Waals surface area contributed by atoms with Gasteiger partial charge >= 0.3 is 0 Å². The van der Waals surface area contributed by atoms with Gasteiger partial charge in [0.15, 0.2) is 0 Å². The van der Waals surface area contributed by atoms with Gasteiger partial charge in [0.25, 0.3) is 5.91 Å². The number of carbonyl (C=O) groups is 10. The van der Waals surface area contributed by atoms with Crippen LogP contribution in [0.2, 0.25) is 0 Å². The Labute approximate surface area is 655 Å². The van der Waals surface area contributed by atoms with E-state index in [0.717, 1.165) is 0 Å². The molecule has 0 aliphatic rings. The maximum Gasteiger partial charge on any atom is 0.253 e. The molecule has 114 heavy (non-hydrogen) atoms. The largest absolute Gasteiger partial charge is 0.508 e. The molecule has 8 aromatic carbocycles. The molecule has 9 atom stereocenters. The molecular weight excluding hydrogens is 1460 g/mol. The first-order valence-electron chi connectivity index (χ1n) is 36.6. The highest BCUT2D eigenvalue weighted by Gasteiger charge is 2.37. The standard InChI is InChI=1S/C84H90N12O18/c85-38-2-1-5-66(75(86)105)88-77(107)68(41-50-8-24-59(98)25-9-50)90-79(109)70(43-52-12-28-61(100)29-13-52)92-81(111)72(45-54-16-32-63(102)33-17-54)94-83(113)74(47-56-20-36-65(104)37-21-56)96-84(114)73(46-55-18-34-64(103)35-19-55)95-82(112)71(44-53-14-30-62(101)31-15-53)93-80(110)69(42-51-10-26-60(99)27-11-51)91-78(108)67(40-49-6-22-58(97)23-7-49)89-76(106)57-4-3-39-87-48-57/h3-4,6-37,39,48,66-74,97-104H,1-2,5,38,40-47,85H2,(H2,86,105)(H,88,107)(H,89,106)(H,90,109)(H,91,108)(H,92,111)(H,93,110)(H,94,113)(H,95,112)(H,96,114)/t66-,67-,68+,69+,70-,71-,72+,73+,74-/m0/s1. The molecule has 21 N–H and O–H groups in total. The second-order valence-electron chi connectivity index (χ2n) is 27.4. The average Bonchev–Trinajstić information content (AvgIpc) is 0.840. The Morgan fingerprint density at radius 2 is 0.465 bits per heavy atom. The van der Waals surface area contributed by atoms with Crippen molar-refractivity contribution < 1.29 is 88.8 Å². The number of aromatic nitrogens is 1. The van der Waals surface area contributed by atoms with E-state index in [1.165, 1.54) is 219 Å². The number of pyridine rings is 1. The van der Waals surface area contributed by atoms with Crippen LogP contribution >= 0.6 is 0 Å². The van der Waals surface area contributed by atoms with E-state index in [0.29, 0.717) is 63.9 Å². The van der Waals surface area contributed by atoms with Gasteiger partial charge in [-0.2, -0.15) is 0 Å². The molecule has 9 aromatic rings. The van der Waals surface area contributed by atoms with E-state index >= 15 is 28.8 Å². The highest BCUT2D eigenvalue weighted by Crippen LogP contribution is 2.22. The first-order valence-corrected chi connectivity index (χ1v) is 36.6. The number of phenolic OH excluding ortho intramolecular Hbond substituents is 8. The summed E-state index contributed by atoms with van der Waals surface area (Å²) in [4.78, 5) is 152. The summed E-state index contributed by atoms with van der Waals surface area (Å²) in [6, 6.07) is 34.2. The molecule has 9 rings (SSSR count). The van der Waals surface area contributed by atoms with Gasteiger partial charge in [-0.25, -0.2) is 0 Å². The van der Waals surface area contributed by atoms with Crippen LogP contribution in [-0.4, -0.2) is 166 Å². The molecule has 0 spiro atoms. The number of hydrogen-bond donors (Lipinski definition) is 19. The SMILES string of the molecule is NCCCC[C@H](NC(=O)[C@@H](Cc1ccc(O)cc1)NC(=O)[C@H](Cc1ccc(O)cc1)NC(=O)[C@@H](Cc1ccc(O)cc1)NC(=O)[C@H](Cc1ccc(O)cc1)NC(=O)[C@@H](Cc1ccc(O)cc1)NC(=O)[C@H](Cc1ccc(O)cc1)NC(=O)[C@@H](Cc1ccc(O)cc1)NC(=O)[C@H](Cc1ccc(O)cc1)NC(=O)c1cccnc1)C(N)=O. The third-order valence-corrected chi connectivity index (χ3v) is 18.6. The zero-order valence-electron chi connectivity index (χ0n) is 61.7. The molecule has 30 heteroatoms. The van der Waals surface area contributed by atoms with Crippen LogP contribution in [0.15, 0.2) is 219 Å². The van der Waals surface area contributed by atoms with E-state index < -0.39 is 113 Å². The number of aromatic hydroxyl groups is 8. The van der Waals surface area contributed by atoms with Crippen LogP contribution in [0.1, 0.15) is 74.1 Å². The number of unbranched alkanes of at least 4 members (excludes halogenated alkanes) is 1. The summed E-state index contributed by atoms with van der Waals surface area (Å²) in [5.74, 6) is -10.4. The molecule has 30 nitrogen and oxygen atoms in total. The predicted octanol–water partition coefficient (Wildman–Crippen LogP) is 3.26. The molecule has 0 radical (unpaired) electrons. The summed E-state index contributed by atoms with van der Waals surface area (Å²) in [5.41, 5.74) is 14.7. The van der Waals surface area contributed by atoms with Crippen molar-refractivity contribution in [3.63, 3.8) is 0 Å². The third-order valence-electron chi connectivity index (χ3n) is 18.6. The van der Waals surface area contributed by atoms with Crippen LogP contribution < -0.4 is 59.3 Å². The van der Waals surface area contributed by atoms with Crippen LogP contribution in [0.4, 0.5) is 0 Å². The maximum absolute atomic E-state index is 15.5. The average molecular weight is 1560 g/mol. The molecule has 1 heterocycles. The monoisotopic (exact) mass is 1550 g/mol. The fourth-order valence-electron chi connectivity index (χ4n) is 12.3. The number of nitrogens with one attached hydrogen (secondary N) is 9. The summed E-state index contributed by atoms with van der Waals surface area (Å²) in [6.07, 6.45) is 1.35. The van der Waals surface area contributed by atoms with Gasteiger partial charge < -0.3 is 100 Å². The van der Waals surface area contributed by atoms with Crippen molar-refractivity contribution >= 4 is 59.1 Å². The van der Waals surface area contributed by atoms with Crippen LogP contribution in [0.3, 0.4) is 0 Å². The maximum atomic E-state index is 15.5. The Balaban J connectivity index is 1.04. The quantitative estimate of drug-likeness (QED) is 0.0246. The molecule has 10 amide bonds. The lowest BCUT2D eigenvalue weighted by Gasteiger charge is -2.29. The van der Waals surface area contributed by atoms with Crippen molar-refractivity contribution in [2.45, 2.75) is 125 Å². The van der Waals surface area contributed by atoms with Gasteiger partial charge in [0.05, 0.1) is 5.56 Å². The summed E-state index contributed by atoms with van der Waals surface area (Å²) >= 11 is 0. The number of phenols is 8. The molecule has 0 unspecified atom stereocenters. The fourth-order valence-corrected chi connectivity index (χ4v) is 12.3. The molecular formula is C84H90N12O18. The summed E-state index contributed by atoms with van der Waals surface area (Å²) < 4.78 is 0. The highest BCUT2D eigenvalue weighted by atomic mass is 16.3. The molecule has 1 aromatic heterocycles. The van der Waals surface area contributed by atoms with E-state index in [-0.39, 0.29) is 109 Å². The number of rotatable bonds is 39. The van der Waals surface area contributed by atoms with E-state index in [4.69, 9.17) is 11.5 Å². The Morgan fingerprint density at radius 3 is 0.640 bits per heavy atom. The highest BCUT2D eigenvalue weighted by molar-refractivity contribution is 6.00. The number of benzene rings is 8. The predicted molar refractivity (Wildman–Crippen MR) is 418 cm³/mol. The van der Waals surface area contributed by atoms with Gasteiger partial charge in [-0.3, -0.25) is 52.9 Å². The molecule has 0 fully saturated rings. The Bertz CT molecular complexity index is 4740. The van der Waals surface area contributed by atoms with Crippen molar-refractivity contribution in [2.24, 2.45) is 11.5 Å². The van der Waals surface area contributed by atoms with Crippen LogP contribution in [-0.2, 0) is 94.5 Å². The summed E-state index contributed by atoms with van der Waals surface area (Å²) in [7, 11) is 0. The molecule has 594 valence electrons. The van der Waals surface area contributed by atoms with E-state index in [1.807, 2.05) is 0 Å². The van der Waals surface area contributed by atoms with E-state index in [2.05, 4.69) is 52.8 Å². The molecule has 0 saturated heterocycles. The number of nitrogens with zero attached hydrogens (tertiary/aromatic N) is 1. The van der Waals surface area contributed by atoms with Gasteiger partial charge in [-0.1, -0.05) is 97.1 Å². The lowest BCUT2D eigenvalue weighted by atomic mass is 9.99. The fraction of sp³-hybridized carbons (Fsp3) is 0.250. The second-order valence-corrected chi connectivity index (χ2v) is 27.4. The molecule has 0 aliphatic carbocycles. The minimum atomic E-state index is -1.70. The van der Waals surface area contributed by atoms with Crippen LogP contribution in [0.5, 0.6) is 46.0 Å². The lowest BCUT2D eigenvalue weighted by molar-refractivity contribution is -0.135.